The molecular weight excluding hydrogens is 184 g/mol. The molecule has 15 heavy (non-hydrogen) atoms. The smallest absolute Gasteiger partial charge is 0.0647 e. The average molecular weight is 214 g/mol. The summed E-state index contributed by atoms with van der Waals surface area (Å²) < 4.78 is 0. The van der Waals surface area contributed by atoms with Gasteiger partial charge in [0.15, 0.2) is 0 Å². The van der Waals surface area contributed by atoms with E-state index < -0.39 is 5.60 Å². The van der Waals surface area contributed by atoms with Gasteiger partial charge in [-0.15, -0.1) is 0 Å². The maximum Gasteiger partial charge on any atom is 0.0647 e. The molecule has 0 aromatic rings. The maximum absolute atomic E-state index is 10.4. The molecule has 1 N–H and O–H groups in total. The van der Waals surface area contributed by atoms with E-state index >= 15 is 0 Å². The zero-order chi connectivity index (χ0) is 11.9. The Kier molecular flexibility index (Phi) is 7.25. The fraction of sp³-hybridized carbons (Fsp3) is 1.00. The van der Waals surface area contributed by atoms with Gasteiger partial charge in [0.1, 0.15) is 0 Å². The van der Waals surface area contributed by atoms with Crippen molar-refractivity contribution >= 4 is 0 Å². The summed E-state index contributed by atoms with van der Waals surface area (Å²) in [6.45, 7) is 10.8. The van der Waals surface area contributed by atoms with Crippen molar-refractivity contribution < 1.29 is 5.11 Å². The topological polar surface area (TPSA) is 20.2 Å². The highest BCUT2D eigenvalue weighted by molar-refractivity contribution is 4.81. The quantitative estimate of drug-likeness (QED) is 0.635. The largest absolute Gasteiger partial charge is 0.390 e. The second-order valence-electron chi connectivity index (χ2n) is 5.29. The summed E-state index contributed by atoms with van der Waals surface area (Å²) >= 11 is 0. The van der Waals surface area contributed by atoms with Gasteiger partial charge in [0, 0.05) is 0 Å². The van der Waals surface area contributed by atoms with Gasteiger partial charge in [-0.1, -0.05) is 59.8 Å². The lowest BCUT2D eigenvalue weighted by atomic mass is 9.79. The van der Waals surface area contributed by atoms with E-state index in [2.05, 4.69) is 27.7 Å². The van der Waals surface area contributed by atoms with Crippen molar-refractivity contribution in [2.75, 3.05) is 0 Å². The van der Waals surface area contributed by atoms with Gasteiger partial charge in [-0.05, 0) is 25.2 Å². The second-order valence-corrected chi connectivity index (χ2v) is 5.29. The molecule has 0 rings (SSSR count). The molecule has 0 spiro atoms. The third kappa shape index (κ3) is 5.55. The summed E-state index contributed by atoms with van der Waals surface area (Å²) in [6.07, 6.45) is 7.08. The third-order valence-electron chi connectivity index (χ3n) is 3.92. The van der Waals surface area contributed by atoms with Crippen molar-refractivity contribution in [1.82, 2.24) is 0 Å². The minimum atomic E-state index is -0.469. The van der Waals surface area contributed by atoms with Crippen LogP contribution in [0.5, 0.6) is 0 Å². The first-order valence-electron chi connectivity index (χ1n) is 6.70. The minimum Gasteiger partial charge on any atom is -0.390 e. The number of aliphatic hydroxyl groups is 1. The van der Waals surface area contributed by atoms with Gasteiger partial charge in [-0.25, -0.2) is 0 Å². The first-order valence-corrected chi connectivity index (χ1v) is 6.70. The lowest BCUT2D eigenvalue weighted by Crippen LogP contribution is -2.34. The van der Waals surface area contributed by atoms with E-state index in [9.17, 15) is 5.11 Å². The number of hydrogen-bond donors (Lipinski definition) is 1. The molecule has 0 fully saturated rings. The van der Waals surface area contributed by atoms with Crippen LogP contribution in [0.4, 0.5) is 0 Å². The first-order chi connectivity index (χ1) is 6.97. The number of hydrogen-bond acceptors (Lipinski definition) is 1. The minimum absolute atomic E-state index is 0.410. The molecule has 0 aromatic heterocycles. The van der Waals surface area contributed by atoms with E-state index in [0.717, 1.165) is 12.8 Å². The summed E-state index contributed by atoms with van der Waals surface area (Å²) in [7, 11) is 0. The molecule has 92 valence electrons. The van der Waals surface area contributed by atoms with Gasteiger partial charge < -0.3 is 5.11 Å². The van der Waals surface area contributed by atoms with Crippen molar-refractivity contribution in [3.8, 4) is 0 Å². The third-order valence-corrected chi connectivity index (χ3v) is 3.92. The Morgan fingerprint density at radius 3 is 2.13 bits per heavy atom. The zero-order valence-electron chi connectivity index (χ0n) is 11.3. The fourth-order valence-corrected chi connectivity index (χ4v) is 2.17. The molecule has 0 heterocycles. The van der Waals surface area contributed by atoms with Crippen LogP contribution in [0.2, 0.25) is 0 Å². The molecule has 0 amide bonds. The predicted octanol–water partition coefficient (Wildman–Crippen LogP) is 4.39. The molecule has 0 saturated carbocycles. The summed E-state index contributed by atoms with van der Waals surface area (Å²) in [5.41, 5.74) is -0.469. The van der Waals surface area contributed by atoms with E-state index in [-0.39, 0.29) is 0 Å². The molecule has 3 unspecified atom stereocenters. The van der Waals surface area contributed by atoms with Crippen LogP contribution in [-0.2, 0) is 0 Å². The highest BCUT2D eigenvalue weighted by Crippen LogP contribution is 2.30. The van der Waals surface area contributed by atoms with Crippen LogP contribution in [0.15, 0.2) is 0 Å². The molecule has 0 aliphatic carbocycles. The summed E-state index contributed by atoms with van der Waals surface area (Å²) in [4.78, 5) is 0. The molecule has 0 aliphatic rings. The van der Waals surface area contributed by atoms with E-state index in [1.165, 1.54) is 25.7 Å². The second kappa shape index (κ2) is 7.27. The van der Waals surface area contributed by atoms with Crippen LogP contribution in [-0.4, -0.2) is 10.7 Å². The van der Waals surface area contributed by atoms with E-state index in [1.54, 1.807) is 0 Å². The van der Waals surface area contributed by atoms with Crippen LogP contribution >= 0.6 is 0 Å². The van der Waals surface area contributed by atoms with Crippen LogP contribution in [0, 0.1) is 11.8 Å². The van der Waals surface area contributed by atoms with Crippen LogP contribution in [0.25, 0.3) is 0 Å². The first kappa shape index (κ1) is 15.0. The highest BCUT2D eigenvalue weighted by atomic mass is 16.3. The Labute approximate surface area is 96.3 Å². The maximum atomic E-state index is 10.4. The number of unbranched alkanes of at least 4 members (excludes halogenated alkanes) is 1. The van der Waals surface area contributed by atoms with Gasteiger partial charge in [0.2, 0.25) is 0 Å². The fourth-order valence-electron chi connectivity index (χ4n) is 2.17. The zero-order valence-corrected chi connectivity index (χ0v) is 11.3. The molecule has 0 saturated heterocycles. The van der Waals surface area contributed by atoms with Gasteiger partial charge in [0.25, 0.3) is 0 Å². The van der Waals surface area contributed by atoms with E-state index in [1.807, 2.05) is 6.92 Å². The Hall–Kier alpha value is -0.0400. The van der Waals surface area contributed by atoms with Crippen LogP contribution < -0.4 is 0 Å². The lowest BCUT2D eigenvalue weighted by molar-refractivity contribution is -0.0189. The molecular formula is C14H30O. The SMILES string of the molecule is CCCCC(CC)CC(C)(O)C(C)CC. The predicted molar refractivity (Wildman–Crippen MR) is 68.0 cm³/mol. The Balaban J connectivity index is 4.13. The summed E-state index contributed by atoms with van der Waals surface area (Å²) in [5, 5.41) is 10.4. The summed E-state index contributed by atoms with van der Waals surface area (Å²) in [5.74, 6) is 1.11. The van der Waals surface area contributed by atoms with Crippen molar-refractivity contribution in [1.29, 1.82) is 0 Å². The average Bonchev–Trinajstić information content (AvgIpc) is 2.22. The molecule has 0 bridgehead atoms. The van der Waals surface area contributed by atoms with Gasteiger partial charge >= 0.3 is 0 Å². The van der Waals surface area contributed by atoms with Crippen molar-refractivity contribution in [2.24, 2.45) is 11.8 Å². The van der Waals surface area contributed by atoms with Crippen molar-refractivity contribution in [2.45, 2.75) is 78.7 Å². The van der Waals surface area contributed by atoms with Crippen molar-refractivity contribution in [3.05, 3.63) is 0 Å². The normalized spacial score (nSPS) is 19.6. The Morgan fingerprint density at radius 2 is 1.73 bits per heavy atom. The molecule has 0 aromatic carbocycles. The number of rotatable bonds is 8. The van der Waals surface area contributed by atoms with Gasteiger partial charge in [-0.3, -0.25) is 0 Å². The Bertz CT molecular complexity index is 151. The molecule has 1 heteroatoms. The summed E-state index contributed by atoms with van der Waals surface area (Å²) in [6, 6.07) is 0. The molecule has 1 nitrogen and oxygen atoms in total. The molecule has 0 radical (unpaired) electrons. The molecule has 0 aliphatic heterocycles. The lowest BCUT2D eigenvalue weighted by Gasteiger charge is -2.33. The molecule has 3 atom stereocenters. The van der Waals surface area contributed by atoms with Crippen LogP contribution in [0.3, 0.4) is 0 Å². The van der Waals surface area contributed by atoms with E-state index in [0.29, 0.717) is 11.8 Å². The Morgan fingerprint density at radius 1 is 1.13 bits per heavy atom. The van der Waals surface area contributed by atoms with Gasteiger partial charge in [0.05, 0.1) is 5.60 Å². The monoisotopic (exact) mass is 214 g/mol. The van der Waals surface area contributed by atoms with Crippen molar-refractivity contribution in [3.63, 3.8) is 0 Å². The van der Waals surface area contributed by atoms with Crippen LogP contribution in [0.1, 0.15) is 73.1 Å². The van der Waals surface area contributed by atoms with Gasteiger partial charge in [-0.2, -0.15) is 0 Å². The van der Waals surface area contributed by atoms with E-state index in [4.69, 9.17) is 0 Å². The standard InChI is InChI=1S/C14H30O/c1-6-9-10-13(8-3)11-14(5,15)12(4)7-2/h12-13,15H,6-11H2,1-5H3. The highest BCUT2D eigenvalue weighted by Gasteiger charge is 2.29.